The molecule has 1 aliphatic heterocycles. The standard InChI is InChI=1S/C15H21ClN4O4/c1-11(15(21)18-6-9-19-7-4-17-5-8-19)24-14-3-2-12(16)10-13(14)20(22)23/h2-3,10-11,17H,4-9H2,1H3,(H,18,21). The third kappa shape index (κ3) is 5.33. The smallest absolute Gasteiger partial charge is 0.312 e. The van der Waals surface area contributed by atoms with Crippen LogP contribution in [-0.2, 0) is 4.79 Å². The lowest BCUT2D eigenvalue weighted by atomic mass is 10.3. The van der Waals surface area contributed by atoms with E-state index in [-0.39, 0.29) is 22.4 Å². The Hall–Kier alpha value is -1.90. The maximum atomic E-state index is 12.1. The summed E-state index contributed by atoms with van der Waals surface area (Å²) in [5.41, 5.74) is -0.261. The number of carbonyl (C=O) groups excluding carboxylic acids is 1. The highest BCUT2D eigenvalue weighted by atomic mass is 35.5. The lowest BCUT2D eigenvalue weighted by Gasteiger charge is -2.27. The summed E-state index contributed by atoms with van der Waals surface area (Å²) in [7, 11) is 0. The molecule has 8 nitrogen and oxygen atoms in total. The first-order valence-electron chi connectivity index (χ1n) is 7.79. The van der Waals surface area contributed by atoms with Gasteiger partial charge in [-0.2, -0.15) is 0 Å². The van der Waals surface area contributed by atoms with Crippen LogP contribution in [0.15, 0.2) is 18.2 Å². The molecule has 2 rings (SSSR count). The molecule has 1 aromatic carbocycles. The van der Waals surface area contributed by atoms with Crippen LogP contribution in [0, 0.1) is 10.1 Å². The molecule has 0 bridgehead atoms. The van der Waals surface area contributed by atoms with Crippen molar-refractivity contribution in [2.75, 3.05) is 39.3 Å². The summed E-state index contributed by atoms with van der Waals surface area (Å²) in [6.07, 6.45) is -0.840. The number of nitro groups is 1. The number of benzene rings is 1. The van der Waals surface area contributed by atoms with E-state index in [1.54, 1.807) is 6.92 Å². The Labute approximate surface area is 145 Å². The zero-order chi connectivity index (χ0) is 17.5. The van der Waals surface area contributed by atoms with Gasteiger partial charge in [-0.25, -0.2) is 0 Å². The van der Waals surface area contributed by atoms with Gasteiger partial charge in [-0.05, 0) is 19.1 Å². The minimum atomic E-state index is -0.840. The predicted molar refractivity (Wildman–Crippen MR) is 90.5 cm³/mol. The number of nitrogens with one attached hydrogen (secondary N) is 2. The second-order valence-electron chi connectivity index (χ2n) is 5.51. The quantitative estimate of drug-likeness (QED) is 0.559. The SMILES string of the molecule is CC(Oc1ccc(Cl)cc1[N+](=O)[O-])C(=O)NCCN1CCNCC1. The number of amides is 1. The Balaban J connectivity index is 1.84. The number of hydrogen-bond acceptors (Lipinski definition) is 6. The number of rotatable bonds is 7. The minimum absolute atomic E-state index is 0.0224. The third-order valence-electron chi connectivity index (χ3n) is 3.73. The molecular weight excluding hydrogens is 336 g/mol. The minimum Gasteiger partial charge on any atom is -0.474 e. The maximum absolute atomic E-state index is 12.1. The van der Waals surface area contributed by atoms with E-state index in [1.165, 1.54) is 18.2 Å². The molecule has 1 aromatic rings. The highest BCUT2D eigenvalue weighted by Crippen LogP contribution is 2.30. The molecule has 1 saturated heterocycles. The van der Waals surface area contributed by atoms with E-state index in [0.29, 0.717) is 6.54 Å². The fourth-order valence-corrected chi connectivity index (χ4v) is 2.56. The van der Waals surface area contributed by atoms with Gasteiger partial charge in [-0.3, -0.25) is 19.8 Å². The summed E-state index contributed by atoms with van der Waals surface area (Å²) >= 11 is 5.75. The van der Waals surface area contributed by atoms with Crippen molar-refractivity contribution in [2.45, 2.75) is 13.0 Å². The van der Waals surface area contributed by atoms with Crippen molar-refractivity contribution in [3.63, 3.8) is 0 Å². The first kappa shape index (κ1) is 18.4. The summed E-state index contributed by atoms with van der Waals surface area (Å²) in [5, 5.41) is 17.3. The van der Waals surface area contributed by atoms with Gasteiger partial charge in [0, 0.05) is 50.4 Å². The van der Waals surface area contributed by atoms with Gasteiger partial charge in [0.2, 0.25) is 0 Å². The lowest BCUT2D eigenvalue weighted by Crippen LogP contribution is -2.47. The molecule has 0 spiro atoms. The van der Waals surface area contributed by atoms with Crippen molar-refractivity contribution in [3.05, 3.63) is 33.3 Å². The molecule has 132 valence electrons. The van der Waals surface area contributed by atoms with E-state index in [1.807, 2.05) is 0 Å². The Kier molecular flexibility index (Phi) is 6.77. The van der Waals surface area contributed by atoms with E-state index < -0.39 is 11.0 Å². The summed E-state index contributed by atoms with van der Waals surface area (Å²) in [6.45, 7) is 6.65. The lowest BCUT2D eigenvalue weighted by molar-refractivity contribution is -0.386. The molecule has 0 radical (unpaired) electrons. The van der Waals surface area contributed by atoms with Crippen molar-refractivity contribution < 1.29 is 14.5 Å². The molecule has 2 N–H and O–H groups in total. The van der Waals surface area contributed by atoms with Crippen molar-refractivity contribution in [2.24, 2.45) is 0 Å². The number of ether oxygens (including phenoxy) is 1. The van der Waals surface area contributed by atoms with Crippen LogP contribution < -0.4 is 15.4 Å². The van der Waals surface area contributed by atoms with Gasteiger partial charge in [0.15, 0.2) is 11.9 Å². The monoisotopic (exact) mass is 356 g/mol. The first-order valence-corrected chi connectivity index (χ1v) is 8.16. The van der Waals surface area contributed by atoms with Crippen LogP contribution in [0.3, 0.4) is 0 Å². The summed E-state index contributed by atoms with van der Waals surface area (Å²) < 4.78 is 5.43. The molecule has 0 aromatic heterocycles. The maximum Gasteiger partial charge on any atom is 0.312 e. The molecular formula is C15H21ClN4O4. The van der Waals surface area contributed by atoms with Crippen LogP contribution in [0.1, 0.15) is 6.92 Å². The van der Waals surface area contributed by atoms with Gasteiger partial charge in [0.25, 0.3) is 5.91 Å². The molecule has 9 heteroatoms. The van der Waals surface area contributed by atoms with E-state index in [2.05, 4.69) is 15.5 Å². The van der Waals surface area contributed by atoms with E-state index in [0.717, 1.165) is 32.7 Å². The van der Waals surface area contributed by atoms with E-state index in [9.17, 15) is 14.9 Å². The third-order valence-corrected chi connectivity index (χ3v) is 3.96. The number of halogens is 1. The van der Waals surface area contributed by atoms with Crippen LogP contribution in [-0.4, -0.2) is 61.1 Å². The van der Waals surface area contributed by atoms with E-state index in [4.69, 9.17) is 16.3 Å². The molecule has 1 heterocycles. The molecule has 0 aliphatic carbocycles. The zero-order valence-electron chi connectivity index (χ0n) is 13.5. The van der Waals surface area contributed by atoms with Crippen LogP contribution in [0.2, 0.25) is 5.02 Å². The van der Waals surface area contributed by atoms with Gasteiger partial charge in [0.05, 0.1) is 4.92 Å². The molecule has 1 amide bonds. The summed E-state index contributed by atoms with van der Waals surface area (Å²) in [6, 6.07) is 4.08. The second kappa shape index (κ2) is 8.81. The Bertz CT molecular complexity index is 593. The molecule has 1 atom stereocenters. The van der Waals surface area contributed by atoms with Gasteiger partial charge in [-0.15, -0.1) is 0 Å². The molecule has 1 aliphatic rings. The van der Waals surface area contributed by atoms with Crippen molar-refractivity contribution in [1.82, 2.24) is 15.5 Å². The largest absolute Gasteiger partial charge is 0.474 e. The van der Waals surface area contributed by atoms with Crippen LogP contribution in [0.25, 0.3) is 0 Å². The van der Waals surface area contributed by atoms with Crippen LogP contribution in [0.4, 0.5) is 5.69 Å². The Morgan fingerprint density at radius 2 is 2.21 bits per heavy atom. The molecule has 1 fully saturated rings. The number of nitrogens with zero attached hydrogens (tertiary/aromatic N) is 2. The normalized spacial score (nSPS) is 16.4. The number of piperazine rings is 1. The zero-order valence-corrected chi connectivity index (χ0v) is 14.2. The van der Waals surface area contributed by atoms with Gasteiger partial charge in [0.1, 0.15) is 0 Å². The second-order valence-corrected chi connectivity index (χ2v) is 5.95. The predicted octanol–water partition coefficient (Wildman–Crippen LogP) is 1.04. The fraction of sp³-hybridized carbons (Fsp3) is 0.533. The number of nitro benzene ring substituents is 1. The molecule has 24 heavy (non-hydrogen) atoms. The summed E-state index contributed by atoms with van der Waals surface area (Å²) in [5.74, 6) is -0.288. The van der Waals surface area contributed by atoms with Gasteiger partial charge < -0.3 is 15.4 Å². The Morgan fingerprint density at radius 1 is 1.50 bits per heavy atom. The fourth-order valence-electron chi connectivity index (χ4n) is 2.39. The summed E-state index contributed by atoms with van der Waals surface area (Å²) in [4.78, 5) is 24.8. The van der Waals surface area contributed by atoms with Crippen molar-refractivity contribution in [1.29, 1.82) is 0 Å². The number of carbonyl (C=O) groups is 1. The van der Waals surface area contributed by atoms with Crippen molar-refractivity contribution in [3.8, 4) is 5.75 Å². The highest BCUT2D eigenvalue weighted by molar-refractivity contribution is 6.30. The topological polar surface area (TPSA) is 96.7 Å². The first-order chi connectivity index (χ1) is 11.5. The van der Waals surface area contributed by atoms with E-state index >= 15 is 0 Å². The average Bonchev–Trinajstić information content (AvgIpc) is 2.57. The molecule has 0 saturated carbocycles. The van der Waals surface area contributed by atoms with Gasteiger partial charge in [-0.1, -0.05) is 11.6 Å². The van der Waals surface area contributed by atoms with Crippen LogP contribution in [0.5, 0.6) is 5.75 Å². The number of hydrogen-bond donors (Lipinski definition) is 2. The average molecular weight is 357 g/mol. The van der Waals surface area contributed by atoms with Gasteiger partial charge >= 0.3 is 5.69 Å². The molecule has 1 unspecified atom stereocenters. The highest BCUT2D eigenvalue weighted by Gasteiger charge is 2.21. The van der Waals surface area contributed by atoms with Crippen LogP contribution >= 0.6 is 11.6 Å². The Morgan fingerprint density at radius 3 is 2.88 bits per heavy atom. The van der Waals surface area contributed by atoms with Crippen molar-refractivity contribution >= 4 is 23.2 Å².